The summed E-state index contributed by atoms with van der Waals surface area (Å²) in [4.78, 5) is 10.1. The largest absolute Gasteiger partial charge is 0.456 e. The van der Waals surface area contributed by atoms with Gasteiger partial charge in [0.25, 0.3) is 0 Å². The van der Waals surface area contributed by atoms with Gasteiger partial charge in [-0.1, -0.05) is 127 Å². The molecule has 1 aliphatic heterocycles. The van der Waals surface area contributed by atoms with Crippen molar-refractivity contribution in [1.29, 1.82) is 0 Å². The van der Waals surface area contributed by atoms with Crippen LogP contribution in [0.25, 0.3) is 80.7 Å². The van der Waals surface area contributed by atoms with Gasteiger partial charge in [0.2, 0.25) is 0 Å². The lowest BCUT2D eigenvalue weighted by Crippen LogP contribution is -2.33. The van der Waals surface area contributed by atoms with Crippen molar-refractivity contribution in [2.45, 2.75) is 6.17 Å². The number of fused-ring (bicyclic) bond motifs is 9. The van der Waals surface area contributed by atoms with Crippen LogP contribution in [0, 0.1) is 0 Å². The van der Waals surface area contributed by atoms with Gasteiger partial charge in [-0.2, -0.15) is 0 Å². The number of hydrogen-bond donors (Lipinski definition) is 1. The third kappa shape index (κ3) is 5.15. The lowest BCUT2D eigenvalue weighted by Gasteiger charge is -2.23. The molecule has 0 aliphatic carbocycles. The molecule has 3 aromatic heterocycles. The Morgan fingerprint density at radius 2 is 1.25 bits per heavy atom. The highest BCUT2D eigenvalue weighted by molar-refractivity contribution is 7.25. The Balaban J connectivity index is 0.962. The zero-order valence-corrected chi connectivity index (χ0v) is 31.4. The molecule has 0 fully saturated rings. The van der Waals surface area contributed by atoms with Gasteiger partial charge in [0, 0.05) is 58.5 Å². The SMILES string of the molecule is c1ccc(C2=NC(c3ccc4c(c3)sc3ccc(-c5cccc6oc7ccc(-n8c9ccccc9c9ccccc98)cc7c56)cc34)NC(c3ccccc3)=N2)cc1. The monoisotopic (exact) mass is 748 g/mol. The maximum Gasteiger partial charge on any atom is 0.159 e. The molecule has 0 saturated heterocycles. The van der Waals surface area contributed by atoms with E-state index in [0.717, 1.165) is 67.1 Å². The number of thiophene rings is 1. The summed E-state index contributed by atoms with van der Waals surface area (Å²) in [5, 5.41) is 10.8. The average molecular weight is 749 g/mol. The van der Waals surface area contributed by atoms with Gasteiger partial charge in [-0.25, -0.2) is 9.98 Å². The highest BCUT2D eigenvalue weighted by Gasteiger charge is 2.22. The predicted octanol–water partition coefficient (Wildman–Crippen LogP) is 13.2. The molecule has 1 N–H and O–H groups in total. The fourth-order valence-electron chi connectivity index (χ4n) is 8.61. The van der Waals surface area contributed by atoms with E-state index in [1.807, 2.05) is 47.7 Å². The second kappa shape index (κ2) is 12.6. The van der Waals surface area contributed by atoms with E-state index in [1.165, 1.54) is 42.0 Å². The molecule has 0 amide bonds. The van der Waals surface area contributed by atoms with E-state index in [4.69, 9.17) is 14.4 Å². The number of nitrogens with one attached hydrogen (secondary N) is 1. The molecule has 57 heavy (non-hydrogen) atoms. The van der Waals surface area contributed by atoms with Crippen molar-refractivity contribution in [2.75, 3.05) is 0 Å². The molecule has 11 aromatic rings. The number of furan rings is 1. The van der Waals surface area contributed by atoms with Crippen LogP contribution in [0.15, 0.2) is 196 Å². The zero-order valence-electron chi connectivity index (χ0n) is 30.6. The van der Waals surface area contributed by atoms with E-state index in [0.29, 0.717) is 0 Å². The van der Waals surface area contributed by atoms with Crippen LogP contribution in [0.1, 0.15) is 22.9 Å². The van der Waals surface area contributed by atoms with Gasteiger partial charge >= 0.3 is 0 Å². The smallest absolute Gasteiger partial charge is 0.159 e. The van der Waals surface area contributed by atoms with Crippen LogP contribution in [-0.2, 0) is 0 Å². The van der Waals surface area contributed by atoms with E-state index < -0.39 is 0 Å². The van der Waals surface area contributed by atoms with Crippen LogP contribution in [0.3, 0.4) is 0 Å². The van der Waals surface area contributed by atoms with Gasteiger partial charge in [-0.3, -0.25) is 0 Å². The van der Waals surface area contributed by atoms with Crippen LogP contribution < -0.4 is 5.32 Å². The van der Waals surface area contributed by atoms with Crippen LogP contribution >= 0.6 is 11.3 Å². The second-order valence-electron chi connectivity index (χ2n) is 14.6. The van der Waals surface area contributed by atoms with E-state index >= 15 is 0 Å². The summed E-state index contributed by atoms with van der Waals surface area (Å²) in [6, 6.07) is 64.4. The Bertz CT molecular complexity index is 3390. The molecule has 0 radical (unpaired) electrons. The number of nitrogens with zero attached hydrogens (tertiary/aromatic N) is 3. The molecule has 268 valence electrons. The minimum Gasteiger partial charge on any atom is -0.456 e. The third-order valence-corrected chi connectivity index (χ3v) is 12.4. The highest BCUT2D eigenvalue weighted by Crippen LogP contribution is 2.42. The number of rotatable bonds is 5. The van der Waals surface area contributed by atoms with Crippen LogP contribution in [-0.4, -0.2) is 16.2 Å². The number of para-hydroxylation sites is 2. The zero-order chi connectivity index (χ0) is 37.5. The molecule has 4 heterocycles. The van der Waals surface area contributed by atoms with E-state index in [1.54, 1.807) is 0 Å². The minimum atomic E-state index is -0.280. The summed E-state index contributed by atoms with van der Waals surface area (Å²) in [5.41, 5.74) is 10.7. The Morgan fingerprint density at radius 3 is 2.04 bits per heavy atom. The Morgan fingerprint density at radius 1 is 0.509 bits per heavy atom. The van der Waals surface area contributed by atoms with Gasteiger partial charge in [-0.15, -0.1) is 11.3 Å². The fourth-order valence-corrected chi connectivity index (χ4v) is 9.74. The van der Waals surface area contributed by atoms with Crippen molar-refractivity contribution in [2.24, 2.45) is 9.98 Å². The minimum absolute atomic E-state index is 0.280. The number of aromatic nitrogens is 1. The molecule has 0 spiro atoms. The maximum absolute atomic E-state index is 6.51. The summed E-state index contributed by atoms with van der Waals surface area (Å²) in [6.07, 6.45) is -0.280. The Hall–Kier alpha value is -7.28. The van der Waals surface area contributed by atoms with Gasteiger partial charge in [0.1, 0.15) is 23.2 Å². The molecule has 1 unspecified atom stereocenters. The molecule has 0 saturated carbocycles. The first-order valence-electron chi connectivity index (χ1n) is 19.2. The number of amidine groups is 2. The topological polar surface area (TPSA) is 54.8 Å². The van der Waals surface area contributed by atoms with Crippen molar-refractivity contribution in [3.05, 3.63) is 199 Å². The molecule has 1 aliphatic rings. The molecule has 5 nitrogen and oxygen atoms in total. The lowest BCUT2D eigenvalue weighted by molar-refractivity contribution is 0.669. The molecule has 1 atom stereocenters. The van der Waals surface area contributed by atoms with Crippen molar-refractivity contribution in [1.82, 2.24) is 9.88 Å². The van der Waals surface area contributed by atoms with Gasteiger partial charge in [-0.05, 0) is 71.3 Å². The first kappa shape index (κ1) is 32.0. The molecule has 6 heteroatoms. The first-order valence-corrected chi connectivity index (χ1v) is 20.0. The van der Waals surface area contributed by atoms with Crippen molar-refractivity contribution < 1.29 is 4.42 Å². The number of benzene rings is 8. The van der Waals surface area contributed by atoms with Crippen molar-refractivity contribution in [3.8, 4) is 16.8 Å². The Labute approximate surface area is 331 Å². The van der Waals surface area contributed by atoms with Crippen LogP contribution in [0.4, 0.5) is 0 Å². The molecule has 0 bridgehead atoms. The predicted molar refractivity (Wildman–Crippen MR) is 238 cm³/mol. The van der Waals surface area contributed by atoms with Gasteiger partial charge in [0.05, 0.1) is 11.0 Å². The Kier molecular flexibility index (Phi) is 7.09. The van der Waals surface area contributed by atoms with Crippen LogP contribution in [0.5, 0.6) is 0 Å². The summed E-state index contributed by atoms with van der Waals surface area (Å²) in [6.45, 7) is 0. The summed E-state index contributed by atoms with van der Waals surface area (Å²) < 4.78 is 11.4. The molecule has 8 aromatic carbocycles. The summed E-state index contributed by atoms with van der Waals surface area (Å²) >= 11 is 1.82. The van der Waals surface area contributed by atoms with E-state index in [-0.39, 0.29) is 6.17 Å². The quantitative estimate of drug-likeness (QED) is 0.191. The maximum atomic E-state index is 6.51. The van der Waals surface area contributed by atoms with E-state index in [2.05, 4.69) is 155 Å². The lowest BCUT2D eigenvalue weighted by atomic mass is 9.97. The highest BCUT2D eigenvalue weighted by atomic mass is 32.1. The fraction of sp³-hybridized carbons (Fsp3) is 0.0196. The van der Waals surface area contributed by atoms with Crippen LogP contribution in [0.2, 0.25) is 0 Å². The third-order valence-electron chi connectivity index (χ3n) is 11.3. The summed E-state index contributed by atoms with van der Waals surface area (Å²) in [5.74, 6) is 1.54. The first-order chi connectivity index (χ1) is 28.2. The average Bonchev–Trinajstić information content (AvgIpc) is 3.95. The van der Waals surface area contributed by atoms with Gasteiger partial charge in [0.15, 0.2) is 5.84 Å². The second-order valence-corrected chi connectivity index (χ2v) is 15.7. The van der Waals surface area contributed by atoms with Crippen molar-refractivity contribution >= 4 is 86.9 Å². The number of hydrogen-bond acceptors (Lipinski definition) is 5. The standard InChI is InChI=1S/C51H32N4OS/c1-3-12-31(13-4-1)49-52-50(32-14-5-2-6-15-32)54-51(53-49)34-22-25-39-40-28-33(23-27-46(40)57-47(39)29-34)36-18-11-21-45-48(36)41-30-35(24-26-44(41)56-45)55-42-19-9-7-16-37(42)38-17-8-10-20-43(38)55/h1-30,51H,(H,52,53,54). The molecule has 12 rings (SSSR count). The van der Waals surface area contributed by atoms with Crippen molar-refractivity contribution in [3.63, 3.8) is 0 Å². The summed E-state index contributed by atoms with van der Waals surface area (Å²) in [7, 11) is 0. The normalized spacial score (nSPS) is 14.5. The number of aliphatic imine (C=N–C) groups is 2. The van der Waals surface area contributed by atoms with E-state index in [9.17, 15) is 0 Å². The van der Waals surface area contributed by atoms with Gasteiger partial charge < -0.3 is 14.3 Å². The molecular weight excluding hydrogens is 717 g/mol. The molecular formula is C51H32N4OS.